The molecule has 2 aromatic rings. The molecule has 1 saturated heterocycles. The molecule has 0 aliphatic carbocycles. The van der Waals surface area contributed by atoms with Gasteiger partial charge in [-0.3, -0.25) is 18.2 Å². The number of rotatable bonds is 14. The molecule has 1 amide bonds. The zero-order chi connectivity index (χ0) is 27.5. The van der Waals surface area contributed by atoms with Crippen LogP contribution in [0.2, 0.25) is 0 Å². The van der Waals surface area contributed by atoms with E-state index >= 15 is 0 Å². The van der Waals surface area contributed by atoms with Crippen LogP contribution in [0, 0.1) is 5.92 Å². The van der Waals surface area contributed by atoms with E-state index in [1.165, 1.54) is 0 Å². The first-order chi connectivity index (χ1) is 18.2. The zero-order valence-electron chi connectivity index (χ0n) is 23.0. The van der Waals surface area contributed by atoms with E-state index in [-0.39, 0.29) is 5.91 Å². The van der Waals surface area contributed by atoms with Crippen molar-refractivity contribution in [1.82, 2.24) is 10.6 Å². The van der Waals surface area contributed by atoms with E-state index in [1.807, 2.05) is 43.3 Å². The van der Waals surface area contributed by atoms with Crippen LogP contribution in [0.25, 0.3) is 0 Å². The number of amides is 1. The lowest BCUT2D eigenvalue weighted by Crippen LogP contribution is -2.49. The summed E-state index contributed by atoms with van der Waals surface area (Å²) in [6, 6.07) is 14.7. The number of aliphatic hydroxyl groups is 1. The number of anilines is 2. The molecule has 0 spiro atoms. The van der Waals surface area contributed by atoms with Gasteiger partial charge < -0.3 is 21.1 Å². The van der Waals surface area contributed by atoms with Gasteiger partial charge in [-0.05, 0) is 75.3 Å². The molecule has 6 N–H and O–H groups in total. The molecule has 212 valence electrons. The highest BCUT2D eigenvalue weighted by atomic mass is 32.3. The van der Waals surface area contributed by atoms with Gasteiger partial charge in [0.05, 0.1) is 23.6 Å². The molecule has 8 nitrogen and oxygen atoms in total. The van der Waals surface area contributed by atoms with Crippen molar-refractivity contribution in [3.05, 3.63) is 59.7 Å². The Bertz CT molecular complexity index is 1010. The second-order valence-electron chi connectivity index (χ2n) is 10.5. The molecule has 2 atom stereocenters. The molecule has 9 heteroatoms. The first kappa shape index (κ1) is 30.2. The predicted molar refractivity (Wildman–Crippen MR) is 159 cm³/mol. The fraction of sp³-hybridized carbons (Fsp3) is 0.552. The van der Waals surface area contributed by atoms with Crippen molar-refractivity contribution >= 4 is 28.1 Å². The molecule has 1 aliphatic rings. The van der Waals surface area contributed by atoms with Crippen molar-refractivity contribution < 1.29 is 19.0 Å². The summed E-state index contributed by atoms with van der Waals surface area (Å²) >= 11 is 0. The molecule has 1 aliphatic heterocycles. The predicted octanol–water partition coefficient (Wildman–Crippen LogP) is 5.11. The number of carbonyl (C=O) groups excluding carboxylic acids is 1. The highest BCUT2D eigenvalue weighted by molar-refractivity contribution is 8.25. The van der Waals surface area contributed by atoms with Crippen LogP contribution in [0.4, 0.5) is 11.4 Å². The SMILES string of the molecule is CCNc1cc(C(=O)N[C@@H](Cc2ccccc2)[C@@H](O)CNCCCC(C)C)cc(N2CCCCS2(O)O)c1. The standard InChI is InChI=1S/C29H46N4O4S/c1-4-31-25-18-24(19-26(20-25)33-15-8-9-16-38(33,36)37)29(35)32-27(17-23-12-6-5-7-13-23)28(34)21-30-14-10-11-22(2)3/h5-7,12-13,18-20,22,27-28,30-31,34,36-37H,4,8-11,14-17,21H2,1-3H3,(H,32,35)/t27-,28-/m0/s1. The van der Waals surface area contributed by atoms with Gasteiger partial charge in [0.1, 0.15) is 0 Å². The van der Waals surface area contributed by atoms with Crippen LogP contribution in [0.1, 0.15) is 62.4 Å². The van der Waals surface area contributed by atoms with Crippen LogP contribution in [0.5, 0.6) is 0 Å². The second-order valence-corrected chi connectivity index (χ2v) is 12.6. The Morgan fingerprint density at radius 3 is 2.55 bits per heavy atom. The van der Waals surface area contributed by atoms with Crippen LogP contribution in [0.3, 0.4) is 0 Å². The van der Waals surface area contributed by atoms with Crippen molar-refractivity contribution in [3.8, 4) is 0 Å². The van der Waals surface area contributed by atoms with Gasteiger partial charge in [-0.1, -0.05) is 44.2 Å². The number of benzene rings is 2. The molecule has 2 aromatic carbocycles. The lowest BCUT2D eigenvalue weighted by molar-refractivity contribution is 0.0830. The van der Waals surface area contributed by atoms with Crippen LogP contribution >= 0.6 is 10.8 Å². The van der Waals surface area contributed by atoms with Gasteiger partial charge in [0.15, 0.2) is 0 Å². The summed E-state index contributed by atoms with van der Waals surface area (Å²) in [5.41, 5.74) is 2.79. The third-order valence-electron chi connectivity index (χ3n) is 6.80. The topological polar surface area (TPSA) is 117 Å². The fourth-order valence-electron chi connectivity index (χ4n) is 4.73. The van der Waals surface area contributed by atoms with E-state index in [9.17, 15) is 19.0 Å². The lowest BCUT2D eigenvalue weighted by Gasteiger charge is -2.47. The van der Waals surface area contributed by atoms with Crippen molar-refractivity contribution in [2.24, 2.45) is 5.92 Å². The van der Waals surface area contributed by atoms with Crippen molar-refractivity contribution in [2.75, 3.05) is 41.6 Å². The fourth-order valence-corrected chi connectivity index (χ4v) is 6.40. The average Bonchev–Trinajstić information content (AvgIpc) is 2.88. The monoisotopic (exact) mass is 546 g/mol. The Labute approximate surface area is 229 Å². The molecule has 1 fully saturated rings. The summed E-state index contributed by atoms with van der Waals surface area (Å²) in [7, 11) is -2.92. The molecule has 1 heterocycles. The van der Waals surface area contributed by atoms with Gasteiger partial charge in [-0.15, -0.1) is 10.8 Å². The summed E-state index contributed by atoms with van der Waals surface area (Å²) in [5, 5.41) is 20.7. The average molecular weight is 547 g/mol. The number of hydrogen-bond donors (Lipinski definition) is 6. The van der Waals surface area contributed by atoms with Gasteiger partial charge >= 0.3 is 0 Å². The molecule has 0 aromatic heterocycles. The van der Waals surface area contributed by atoms with E-state index < -0.39 is 22.9 Å². The summed E-state index contributed by atoms with van der Waals surface area (Å²) in [4.78, 5) is 13.5. The Morgan fingerprint density at radius 1 is 1.11 bits per heavy atom. The van der Waals surface area contributed by atoms with E-state index in [2.05, 4.69) is 29.8 Å². The number of carbonyl (C=O) groups is 1. The largest absolute Gasteiger partial charge is 0.390 e. The normalized spacial score (nSPS) is 17.6. The Hall–Kier alpha value is -2.30. The number of nitrogens with zero attached hydrogens (tertiary/aromatic N) is 1. The van der Waals surface area contributed by atoms with E-state index in [1.54, 1.807) is 16.4 Å². The quantitative estimate of drug-likeness (QED) is 0.182. The van der Waals surface area contributed by atoms with Gasteiger partial charge in [0.25, 0.3) is 5.91 Å². The van der Waals surface area contributed by atoms with E-state index in [0.717, 1.165) is 43.5 Å². The van der Waals surface area contributed by atoms with Crippen molar-refractivity contribution in [1.29, 1.82) is 0 Å². The second kappa shape index (κ2) is 14.7. The number of hydrogen-bond acceptors (Lipinski definition) is 7. The first-order valence-corrected chi connectivity index (χ1v) is 15.5. The summed E-state index contributed by atoms with van der Waals surface area (Å²) in [6.45, 7) is 8.76. The van der Waals surface area contributed by atoms with Gasteiger partial charge in [-0.2, -0.15) is 0 Å². The number of aliphatic hydroxyl groups excluding tert-OH is 1. The summed E-state index contributed by atoms with van der Waals surface area (Å²) in [5.74, 6) is 0.664. The van der Waals surface area contributed by atoms with E-state index in [0.29, 0.717) is 49.0 Å². The molecule has 0 saturated carbocycles. The first-order valence-electron chi connectivity index (χ1n) is 13.9. The third-order valence-corrected chi connectivity index (χ3v) is 8.73. The maximum atomic E-state index is 13.5. The smallest absolute Gasteiger partial charge is 0.251 e. The highest BCUT2D eigenvalue weighted by Crippen LogP contribution is 2.50. The van der Waals surface area contributed by atoms with Crippen LogP contribution in [-0.4, -0.2) is 64.2 Å². The Balaban J connectivity index is 1.78. The van der Waals surface area contributed by atoms with Crippen molar-refractivity contribution in [2.45, 2.75) is 65.0 Å². The number of nitrogens with one attached hydrogen (secondary N) is 3. The van der Waals surface area contributed by atoms with Crippen LogP contribution in [0.15, 0.2) is 48.5 Å². The van der Waals surface area contributed by atoms with Crippen LogP contribution < -0.4 is 20.3 Å². The zero-order valence-corrected chi connectivity index (χ0v) is 23.8. The maximum Gasteiger partial charge on any atom is 0.251 e. The Kier molecular flexibility index (Phi) is 11.7. The minimum Gasteiger partial charge on any atom is -0.390 e. The summed E-state index contributed by atoms with van der Waals surface area (Å²) < 4.78 is 23.0. The molecule has 0 unspecified atom stereocenters. The highest BCUT2D eigenvalue weighted by Gasteiger charge is 2.28. The van der Waals surface area contributed by atoms with Gasteiger partial charge in [-0.25, -0.2) is 0 Å². The Morgan fingerprint density at radius 2 is 1.87 bits per heavy atom. The van der Waals surface area contributed by atoms with Crippen LogP contribution in [-0.2, 0) is 6.42 Å². The van der Waals surface area contributed by atoms with Gasteiger partial charge in [0.2, 0.25) is 0 Å². The molecule has 3 rings (SSSR count). The molecule has 38 heavy (non-hydrogen) atoms. The minimum atomic E-state index is -2.92. The lowest BCUT2D eigenvalue weighted by atomic mass is 10.00. The maximum absolute atomic E-state index is 13.5. The van der Waals surface area contributed by atoms with E-state index in [4.69, 9.17) is 0 Å². The molecule has 0 bridgehead atoms. The molecular formula is C29H46N4O4S. The molecule has 0 radical (unpaired) electrons. The molecular weight excluding hydrogens is 500 g/mol. The van der Waals surface area contributed by atoms with Crippen molar-refractivity contribution in [3.63, 3.8) is 0 Å². The van der Waals surface area contributed by atoms with Gasteiger partial charge in [0, 0.05) is 30.9 Å². The summed E-state index contributed by atoms with van der Waals surface area (Å²) in [6.07, 6.45) is 3.51. The minimum absolute atomic E-state index is 0.306. The third kappa shape index (κ3) is 9.17.